The van der Waals surface area contributed by atoms with Crippen LogP contribution in [0.4, 0.5) is 5.00 Å². The van der Waals surface area contributed by atoms with Crippen LogP contribution in [0.15, 0.2) is 36.4 Å². The van der Waals surface area contributed by atoms with Crippen LogP contribution in [-0.4, -0.2) is 17.4 Å². The molecule has 0 saturated carbocycles. The van der Waals surface area contributed by atoms with E-state index in [2.05, 4.69) is 38.3 Å². The molecule has 0 bridgehead atoms. The van der Waals surface area contributed by atoms with Gasteiger partial charge in [-0.3, -0.25) is 9.59 Å². The minimum Gasteiger partial charge on any atom is -0.365 e. The second-order valence-corrected chi connectivity index (χ2v) is 9.04. The molecule has 0 saturated heterocycles. The number of amides is 2. The summed E-state index contributed by atoms with van der Waals surface area (Å²) in [5.41, 5.74) is 7.49. The zero-order valence-electron chi connectivity index (χ0n) is 16.1. The lowest BCUT2D eigenvalue weighted by Gasteiger charge is -2.42. The molecule has 0 unspecified atom stereocenters. The van der Waals surface area contributed by atoms with E-state index >= 15 is 0 Å². The molecule has 0 spiro atoms. The summed E-state index contributed by atoms with van der Waals surface area (Å²) in [6.07, 6.45) is 3.88. The molecule has 27 heavy (non-hydrogen) atoms. The molecule has 2 aromatic rings. The first kappa shape index (κ1) is 19.3. The van der Waals surface area contributed by atoms with Gasteiger partial charge in [-0.2, -0.15) is 0 Å². The predicted molar refractivity (Wildman–Crippen MR) is 111 cm³/mol. The van der Waals surface area contributed by atoms with Crippen LogP contribution in [0.2, 0.25) is 0 Å². The third kappa shape index (κ3) is 4.12. The zero-order chi connectivity index (χ0) is 19.8. The lowest BCUT2D eigenvalue weighted by Crippen LogP contribution is -2.55. The number of anilines is 1. The van der Waals surface area contributed by atoms with Gasteiger partial charge in [0.1, 0.15) is 5.00 Å². The van der Waals surface area contributed by atoms with Crippen LogP contribution < -0.4 is 16.4 Å². The van der Waals surface area contributed by atoms with Crippen molar-refractivity contribution in [3.05, 3.63) is 58.0 Å². The van der Waals surface area contributed by atoms with E-state index in [1.165, 1.54) is 17.4 Å². The van der Waals surface area contributed by atoms with Gasteiger partial charge in [0.05, 0.1) is 5.56 Å². The van der Waals surface area contributed by atoms with Crippen molar-refractivity contribution in [3.8, 4) is 0 Å². The second-order valence-electron chi connectivity index (χ2n) is 8.02. The molecular formula is C21H25N3O2S. The summed E-state index contributed by atoms with van der Waals surface area (Å²) in [6.45, 7) is 8.35. The van der Waals surface area contributed by atoms with Gasteiger partial charge in [-0.15, -0.1) is 11.3 Å². The summed E-state index contributed by atoms with van der Waals surface area (Å²) in [7, 11) is 0. The van der Waals surface area contributed by atoms with Crippen molar-refractivity contribution < 1.29 is 9.59 Å². The van der Waals surface area contributed by atoms with Gasteiger partial charge in [-0.1, -0.05) is 30.3 Å². The van der Waals surface area contributed by atoms with Crippen LogP contribution >= 0.6 is 11.3 Å². The average Bonchev–Trinajstić information content (AvgIpc) is 2.91. The minimum absolute atomic E-state index is 0.170. The van der Waals surface area contributed by atoms with Gasteiger partial charge in [-0.05, 0) is 51.3 Å². The molecule has 5 nitrogen and oxygen atoms in total. The predicted octanol–water partition coefficient (Wildman–Crippen LogP) is 3.66. The molecular weight excluding hydrogens is 358 g/mol. The third-order valence-corrected chi connectivity index (χ3v) is 6.03. The van der Waals surface area contributed by atoms with Gasteiger partial charge >= 0.3 is 0 Å². The number of fused-ring (bicyclic) bond motifs is 1. The van der Waals surface area contributed by atoms with Gasteiger partial charge in [0, 0.05) is 22.0 Å². The molecule has 1 aliphatic rings. The highest BCUT2D eigenvalue weighted by molar-refractivity contribution is 7.17. The van der Waals surface area contributed by atoms with E-state index in [-0.39, 0.29) is 17.0 Å². The van der Waals surface area contributed by atoms with E-state index in [1.807, 2.05) is 30.3 Å². The van der Waals surface area contributed by atoms with Gasteiger partial charge in [0.15, 0.2) is 0 Å². The average molecular weight is 384 g/mol. The Morgan fingerprint density at radius 2 is 1.85 bits per heavy atom. The first-order chi connectivity index (χ1) is 12.6. The monoisotopic (exact) mass is 383 g/mol. The minimum atomic E-state index is -0.511. The first-order valence-corrected chi connectivity index (χ1v) is 9.70. The molecule has 1 aliphatic heterocycles. The zero-order valence-corrected chi connectivity index (χ0v) is 16.9. The molecule has 3 rings (SSSR count). The van der Waals surface area contributed by atoms with Crippen LogP contribution in [0.25, 0.3) is 6.08 Å². The molecule has 2 heterocycles. The standard InChI is InChI=1S/C21H25N3O2S/c1-20(2)12-14-16(18(22)26)19(27-17(14)21(3,4)24-20)23-15(25)11-10-13-8-6-5-7-9-13/h5-11,24H,12H2,1-4H3,(H2,22,26)(H,23,25)/b11-10+. The lowest BCUT2D eigenvalue weighted by molar-refractivity contribution is -0.111. The summed E-state index contributed by atoms with van der Waals surface area (Å²) in [4.78, 5) is 25.6. The van der Waals surface area contributed by atoms with Gasteiger partial charge in [-0.25, -0.2) is 0 Å². The molecule has 1 aromatic carbocycles. The highest BCUT2D eigenvalue weighted by atomic mass is 32.1. The number of nitrogens with one attached hydrogen (secondary N) is 2. The van der Waals surface area contributed by atoms with E-state index < -0.39 is 5.91 Å². The highest BCUT2D eigenvalue weighted by Gasteiger charge is 2.41. The SMILES string of the molecule is CC1(C)Cc2c(sc(NC(=O)/C=C/c3ccccc3)c2C(N)=O)C(C)(C)N1. The normalized spacial score (nSPS) is 17.5. The molecule has 6 heteroatoms. The fourth-order valence-electron chi connectivity index (χ4n) is 3.77. The molecule has 2 amide bonds. The summed E-state index contributed by atoms with van der Waals surface area (Å²) in [6, 6.07) is 9.57. The number of hydrogen-bond acceptors (Lipinski definition) is 4. The summed E-state index contributed by atoms with van der Waals surface area (Å²) < 4.78 is 0. The molecule has 0 aliphatic carbocycles. The van der Waals surface area contributed by atoms with Gasteiger partial charge in [0.25, 0.3) is 5.91 Å². The Hall–Kier alpha value is -2.44. The summed E-state index contributed by atoms with van der Waals surface area (Å²) in [5, 5.41) is 6.96. The number of carbonyl (C=O) groups is 2. The van der Waals surface area contributed by atoms with Crippen LogP contribution in [0, 0.1) is 0 Å². The van der Waals surface area contributed by atoms with Crippen molar-refractivity contribution in [3.63, 3.8) is 0 Å². The van der Waals surface area contributed by atoms with Crippen molar-refractivity contribution in [1.29, 1.82) is 0 Å². The quantitative estimate of drug-likeness (QED) is 0.705. The topological polar surface area (TPSA) is 84.2 Å². The van der Waals surface area contributed by atoms with Crippen LogP contribution in [0.3, 0.4) is 0 Å². The second kappa shape index (κ2) is 6.94. The van der Waals surface area contributed by atoms with Crippen LogP contribution in [0.5, 0.6) is 0 Å². The summed E-state index contributed by atoms with van der Waals surface area (Å²) in [5.74, 6) is -0.798. The number of carbonyl (C=O) groups excluding carboxylic acids is 2. The maximum Gasteiger partial charge on any atom is 0.251 e. The summed E-state index contributed by atoms with van der Waals surface area (Å²) >= 11 is 1.42. The molecule has 1 aromatic heterocycles. The van der Waals surface area contributed by atoms with E-state index in [1.54, 1.807) is 6.08 Å². The number of thiophene rings is 1. The Morgan fingerprint density at radius 3 is 2.48 bits per heavy atom. The van der Waals surface area contributed by atoms with E-state index in [0.29, 0.717) is 17.0 Å². The number of primary amides is 1. The number of nitrogens with two attached hydrogens (primary N) is 1. The van der Waals surface area contributed by atoms with Crippen molar-refractivity contribution >= 4 is 34.2 Å². The van der Waals surface area contributed by atoms with Gasteiger partial charge < -0.3 is 16.4 Å². The lowest BCUT2D eigenvalue weighted by atomic mass is 9.81. The van der Waals surface area contributed by atoms with Crippen molar-refractivity contribution in [2.24, 2.45) is 5.73 Å². The molecule has 0 radical (unpaired) electrons. The largest absolute Gasteiger partial charge is 0.365 e. The Balaban J connectivity index is 1.93. The Kier molecular flexibility index (Phi) is 4.97. The fraction of sp³-hybridized carbons (Fsp3) is 0.333. The fourth-order valence-corrected chi connectivity index (χ4v) is 5.05. The highest BCUT2D eigenvalue weighted by Crippen LogP contribution is 2.44. The van der Waals surface area contributed by atoms with Gasteiger partial charge in [0.2, 0.25) is 5.91 Å². The maximum atomic E-state index is 12.4. The van der Waals surface area contributed by atoms with Crippen molar-refractivity contribution in [2.75, 3.05) is 5.32 Å². The third-order valence-electron chi connectivity index (χ3n) is 4.55. The number of hydrogen-bond donors (Lipinski definition) is 3. The van der Waals surface area contributed by atoms with E-state index in [4.69, 9.17) is 5.73 Å². The number of rotatable bonds is 4. The van der Waals surface area contributed by atoms with Crippen molar-refractivity contribution in [2.45, 2.75) is 45.2 Å². The Labute approximate surface area is 163 Å². The van der Waals surface area contributed by atoms with E-state index in [9.17, 15) is 9.59 Å². The molecule has 142 valence electrons. The van der Waals surface area contributed by atoms with Crippen LogP contribution in [-0.2, 0) is 16.8 Å². The molecule has 0 fully saturated rings. The Bertz CT molecular complexity index is 911. The smallest absolute Gasteiger partial charge is 0.251 e. The Morgan fingerprint density at radius 1 is 1.19 bits per heavy atom. The number of benzene rings is 1. The van der Waals surface area contributed by atoms with Crippen molar-refractivity contribution in [1.82, 2.24) is 5.32 Å². The van der Waals surface area contributed by atoms with Crippen LogP contribution in [0.1, 0.15) is 54.1 Å². The first-order valence-electron chi connectivity index (χ1n) is 8.88. The molecule has 0 atom stereocenters. The van der Waals surface area contributed by atoms with E-state index in [0.717, 1.165) is 16.0 Å². The maximum absolute atomic E-state index is 12.4. The molecule has 4 N–H and O–H groups in total.